The Morgan fingerprint density at radius 2 is 1.90 bits per heavy atom. The number of rotatable bonds is 5. The number of benzene rings is 2. The first-order valence-electron chi connectivity index (χ1n) is 9.55. The van der Waals surface area contributed by atoms with Gasteiger partial charge < -0.3 is 9.47 Å². The van der Waals surface area contributed by atoms with Gasteiger partial charge >= 0.3 is 5.97 Å². The predicted octanol–water partition coefficient (Wildman–Crippen LogP) is 5.66. The molecule has 0 bridgehead atoms. The number of hydrogen-bond donors (Lipinski definition) is 0. The monoisotopic (exact) mass is 421 g/mol. The van der Waals surface area contributed by atoms with Crippen LogP contribution in [-0.4, -0.2) is 20.7 Å². The minimum atomic E-state index is -0.374. The van der Waals surface area contributed by atoms with E-state index in [-0.39, 0.29) is 5.97 Å². The van der Waals surface area contributed by atoms with Gasteiger partial charge in [-0.1, -0.05) is 18.5 Å². The zero-order valence-corrected chi connectivity index (χ0v) is 17.6. The van der Waals surface area contributed by atoms with Crippen molar-refractivity contribution in [2.45, 2.75) is 27.2 Å². The normalized spacial score (nSPS) is 10.9. The molecule has 2 aromatic heterocycles. The van der Waals surface area contributed by atoms with Crippen LogP contribution in [-0.2, 0) is 11.2 Å². The lowest BCUT2D eigenvalue weighted by Crippen LogP contribution is -2.06. The summed E-state index contributed by atoms with van der Waals surface area (Å²) < 4.78 is 13.2. The molecule has 0 aliphatic carbocycles. The summed E-state index contributed by atoms with van der Waals surface area (Å²) in [6.07, 6.45) is 2.56. The number of aryl methyl sites for hydroxylation is 1. The maximum absolute atomic E-state index is 11.6. The molecule has 4 aromatic rings. The van der Waals surface area contributed by atoms with Crippen LogP contribution in [0.5, 0.6) is 17.4 Å². The molecule has 0 saturated heterocycles. The van der Waals surface area contributed by atoms with Crippen molar-refractivity contribution in [2.75, 3.05) is 0 Å². The summed E-state index contributed by atoms with van der Waals surface area (Å²) in [7, 11) is 0. The first kappa shape index (κ1) is 19.9. The van der Waals surface area contributed by atoms with Crippen molar-refractivity contribution in [2.24, 2.45) is 0 Å². The van der Waals surface area contributed by atoms with Gasteiger partial charge in [-0.15, -0.1) is 5.10 Å². The molecule has 0 spiro atoms. The van der Waals surface area contributed by atoms with Crippen LogP contribution >= 0.6 is 11.6 Å². The quantitative estimate of drug-likeness (QED) is 0.389. The molecule has 30 heavy (non-hydrogen) atoms. The highest BCUT2D eigenvalue weighted by atomic mass is 35.5. The van der Waals surface area contributed by atoms with Crippen molar-refractivity contribution in [3.05, 3.63) is 71.0 Å². The summed E-state index contributed by atoms with van der Waals surface area (Å²) >= 11 is 5.94. The third-order valence-corrected chi connectivity index (χ3v) is 4.95. The minimum absolute atomic E-state index is 0.374. The molecule has 0 amide bonds. The molecule has 0 radical (unpaired) electrons. The second-order valence-corrected chi connectivity index (χ2v) is 7.25. The largest absolute Gasteiger partial charge is 0.438 e. The van der Waals surface area contributed by atoms with Crippen molar-refractivity contribution < 1.29 is 14.3 Å². The van der Waals surface area contributed by atoms with Gasteiger partial charge in [0, 0.05) is 40.9 Å². The molecule has 2 heterocycles. The molecule has 0 unspecified atom stereocenters. The molecule has 4 rings (SSSR count). The third kappa shape index (κ3) is 4.00. The second kappa shape index (κ2) is 8.16. The van der Waals surface area contributed by atoms with Crippen LogP contribution in [0.25, 0.3) is 16.6 Å². The SMILES string of the molecule is CCc1nc2ccc(Oc3ccn(-c4ccc(Cl)cc4)n3)cc2c(OC(C)=O)c1C. The highest BCUT2D eigenvalue weighted by Gasteiger charge is 2.15. The fourth-order valence-corrected chi connectivity index (χ4v) is 3.39. The summed E-state index contributed by atoms with van der Waals surface area (Å²) in [6, 6.07) is 14.6. The molecule has 0 fully saturated rings. The van der Waals surface area contributed by atoms with Crippen LogP contribution < -0.4 is 9.47 Å². The molecule has 0 saturated carbocycles. The van der Waals surface area contributed by atoms with E-state index in [1.54, 1.807) is 22.9 Å². The predicted molar refractivity (Wildman–Crippen MR) is 116 cm³/mol. The van der Waals surface area contributed by atoms with Crippen LogP contribution in [0.3, 0.4) is 0 Å². The molecular weight excluding hydrogens is 402 g/mol. The maximum atomic E-state index is 11.6. The van der Waals surface area contributed by atoms with Gasteiger partial charge in [-0.3, -0.25) is 9.78 Å². The van der Waals surface area contributed by atoms with Crippen LogP contribution in [0.1, 0.15) is 25.1 Å². The van der Waals surface area contributed by atoms with E-state index >= 15 is 0 Å². The first-order chi connectivity index (χ1) is 14.4. The Morgan fingerprint density at radius 1 is 1.13 bits per heavy atom. The Balaban J connectivity index is 1.68. The fraction of sp³-hybridized carbons (Fsp3) is 0.174. The van der Waals surface area contributed by atoms with Gasteiger partial charge in [-0.25, -0.2) is 4.68 Å². The Bertz CT molecular complexity index is 1230. The van der Waals surface area contributed by atoms with Gasteiger partial charge in [-0.2, -0.15) is 0 Å². The van der Waals surface area contributed by atoms with Crippen molar-refractivity contribution in [1.82, 2.24) is 14.8 Å². The number of carbonyl (C=O) groups is 1. The van der Waals surface area contributed by atoms with Gasteiger partial charge in [-0.05, 0) is 55.8 Å². The first-order valence-corrected chi connectivity index (χ1v) is 9.93. The third-order valence-electron chi connectivity index (χ3n) is 4.70. The van der Waals surface area contributed by atoms with Gasteiger partial charge in [0.2, 0.25) is 5.88 Å². The molecule has 7 heteroatoms. The van der Waals surface area contributed by atoms with Gasteiger partial charge in [0.25, 0.3) is 0 Å². The molecule has 6 nitrogen and oxygen atoms in total. The van der Waals surface area contributed by atoms with Crippen LogP contribution in [0, 0.1) is 6.92 Å². The summed E-state index contributed by atoms with van der Waals surface area (Å²) in [6.45, 7) is 5.32. The fourth-order valence-electron chi connectivity index (χ4n) is 3.26. The van der Waals surface area contributed by atoms with Gasteiger partial charge in [0.1, 0.15) is 11.5 Å². The van der Waals surface area contributed by atoms with Gasteiger partial charge in [0.05, 0.1) is 11.2 Å². The molecule has 0 aliphatic heterocycles. The average molecular weight is 422 g/mol. The highest BCUT2D eigenvalue weighted by Crippen LogP contribution is 2.34. The highest BCUT2D eigenvalue weighted by molar-refractivity contribution is 6.30. The molecule has 0 aliphatic rings. The molecule has 2 aromatic carbocycles. The number of ether oxygens (including phenoxy) is 2. The van der Waals surface area contributed by atoms with E-state index in [9.17, 15) is 4.79 Å². The van der Waals surface area contributed by atoms with Gasteiger partial charge in [0.15, 0.2) is 0 Å². The second-order valence-electron chi connectivity index (χ2n) is 6.82. The van der Waals surface area contributed by atoms with Crippen molar-refractivity contribution in [3.8, 4) is 23.1 Å². The molecule has 0 N–H and O–H groups in total. The van der Waals surface area contributed by atoms with E-state index in [1.807, 2.05) is 50.4 Å². The lowest BCUT2D eigenvalue weighted by molar-refractivity contribution is -0.131. The summed E-state index contributed by atoms with van der Waals surface area (Å²) in [5.41, 5.74) is 3.36. The number of fused-ring (bicyclic) bond motifs is 1. The van der Waals surface area contributed by atoms with Crippen LogP contribution in [0.2, 0.25) is 5.02 Å². The van der Waals surface area contributed by atoms with E-state index < -0.39 is 0 Å². The zero-order chi connectivity index (χ0) is 21.3. The number of halogens is 1. The lowest BCUT2D eigenvalue weighted by Gasteiger charge is -2.13. The number of pyridine rings is 1. The standard InChI is InChI=1S/C23H20ClN3O3/c1-4-20-14(2)23(29-15(3)28)19-13-18(9-10-21(19)25-20)30-22-11-12-27(26-22)17-7-5-16(24)6-8-17/h5-13H,4H2,1-3H3. The number of esters is 1. The van der Waals surface area contributed by atoms with Crippen molar-refractivity contribution >= 4 is 28.5 Å². The van der Waals surface area contributed by atoms with Crippen molar-refractivity contribution in [3.63, 3.8) is 0 Å². The Kier molecular flexibility index (Phi) is 5.42. The van der Waals surface area contributed by atoms with E-state index in [1.165, 1.54) is 6.92 Å². The Labute approximate surface area is 179 Å². The minimum Gasteiger partial charge on any atom is -0.438 e. The van der Waals surface area contributed by atoms with E-state index in [4.69, 9.17) is 21.1 Å². The Morgan fingerprint density at radius 3 is 2.60 bits per heavy atom. The molecule has 0 atom stereocenters. The number of aromatic nitrogens is 3. The maximum Gasteiger partial charge on any atom is 0.308 e. The van der Waals surface area contributed by atoms with E-state index in [0.717, 1.165) is 34.3 Å². The number of carbonyl (C=O) groups excluding carboxylic acids is 1. The lowest BCUT2D eigenvalue weighted by atomic mass is 10.1. The summed E-state index contributed by atoms with van der Waals surface area (Å²) in [5.74, 6) is 1.15. The Hall–Kier alpha value is -3.38. The number of hydrogen-bond acceptors (Lipinski definition) is 5. The van der Waals surface area contributed by atoms with Crippen LogP contribution in [0.15, 0.2) is 54.7 Å². The molecular formula is C23H20ClN3O3. The molecule has 152 valence electrons. The van der Waals surface area contributed by atoms with E-state index in [2.05, 4.69) is 10.1 Å². The number of nitrogens with zero attached hydrogens (tertiary/aromatic N) is 3. The topological polar surface area (TPSA) is 66.2 Å². The van der Waals surface area contributed by atoms with E-state index in [0.29, 0.717) is 22.4 Å². The summed E-state index contributed by atoms with van der Waals surface area (Å²) in [4.78, 5) is 16.3. The van der Waals surface area contributed by atoms with Crippen LogP contribution in [0.4, 0.5) is 0 Å². The van der Waals surface area contributed by atoms with Crippen molar-refractivity contribution in [1.29, 1.82) is 0 Å². The zero-order valence-electron chi connectivity index (χ0n) is 16.8. The smallest absolute Gasteiger partial charge is 0.308 e. The summed E-state index contributed by atoms with van der Waals surface area (Å²) in [5, 5.41) is 5.83. The average Bonchev–Trinajstić information content (AvgIpc) is 3.19.